The van der Waals surface area contributed by atoms with Crippen molar-refractivity contribution >= 4 is 39.3 Å². The lowest BCUT2D eigenvalue weighted by Gasteiger charge is -2.26. The Morgan fingerprint density at radius 3 is 2.56 bits per heavy atom. The second-order valence-electron chi connectivity index (χ2n) is 6.71. The van der Waals surface area contributed by atoms with Crippen LogP contribution in [0.15, 0.2) is 52.3 Å². The number of hydrogen-bond donors (Lipinski definition) is 1. The standard InChI is InChI=1S/C21H24N2O7S2/c1-28-17-8-7-15(13-19(17)32(26,27)23-9-11-29-12-10-23)22-20(24)14-30-21(25)16-5-3-4-6-18(16)31-2/h3-8,13H,9-12,14H2,1-2H3,(H,22,24). The van der Waals surface area contributed by atoms with Gasteiger partial charge in [0.1, 0.15) is 10.6 Å². The van der Waals surface area contributed by atoms with E-state index in [1.54, 1.807) is 18.2 Å². The number of anilines is 1. The molecule has 1 N–H and O–H groups in total. The van der Waals surface area contributed by atoms with Gasteiger partial charge >= 0.3 is 5.97 Å². The molecule has 2 aromatic carbocycles. The van der Waals surface area contributed by atoms with Crippen molar-refractivity contribution in [2.24, 2.45) is 0 Å². The van der Waals surface area contributed by atoms with Gasteiger partial charge in [-0.05, 0) is 36.6 Å². The van der Waals surface area contributed by atoms with E-state index in [1.807, 2.05) is 12.3 Å². The Labute approximate surface area is 191 Å². The van der Waals surface area contributed by atoms with Crippen molar-refractivity contribution in [3.63, 3.8) is 0 Å². The maximum Gasteiger partial charge on any atom is 0.339 e. The summed E-state index contributed by atoms with van der Waals surface area (Å²) in [6.07, 6.45) is 1.84. The van der Waals surface area contributed by atoms with Crippen LogP contribution in [0.4, 0.5) is 5.69 Å². The van der Waals surface area contributed by atoms with Gasteiger partial charge in [0.15, 0.2) is 6.61 Å². The summed E-state index contributed by atoms with van der Waals surface area (Å²) < 4.78 is 42.9. The molecular weight excluding hydrogens is 456 g/mol. The Morgan fingerprint density at radius 2 is 1.88 bits per heavy atom. The van der Waals surface area contributed by atoms with Gasteiger partial charge < -0.3 is 19.5 Å². The molecule has 1 aliphatic rings. The van der Waals surface area contributed by atoms with E-state index >= 15 is 0 Å². The van der Waals surface area contributed by atoms with Crippen LogP contribution < -0.4 is 10.1 Å². The van der Waals surface area contributed by atoms with Crippen LogP contribution in [0.5, 0.6) is 5.75 Å². The average molecular weight is 481 g/mol. The van der Waals surface area contributed by atoms with Crippen LogP contribution >= 0.6 is 11.8 Å². The smallest absolute Gasteiger partial charge is 0.339 e. The summed E-state index contributed by atoms with van der Waals surface area (Å²) in [6, 6.07) is 11.2. The molecule has 0 aliphatic carbocycles. The number of rotatable bonds is 8. The number of hydrogen-bond acceptors (Lipinski definition) is 8. The third-order valence-corrected chi connectivity index (χ3v) is 7.41. The molecule has 3 rings (SSSR count). The predicted molar refractivity (Wildman–Crippen MR) is 120 cm³/mol. The highest BCUT2D eigenvalue weighted by molar-refractivity contribution is 7.98. The molecular formula is C21H24N2O7S2. The van der Waals surface area contributed by atoms with Crippen molar-refractivity contribution in [1.82, 2.24) is 4.31 Å². The van der Waals surface area contributed by atoms with E-state index in [4.69, 9.17) is 14.2 Å². The molecule has 0 atom stereocenters. The Kier molecular flexibility index (Phi) is 8.13. The van der Waals surface area contributed by atoms with Crippen molar-refractivity contribution in [3.8, 4) is 5.75 Å². The van der Waals surface area contributed by atoms with Crippen molar-refractivity contribution in [2.45, 2.75) is 9.79 Å². The molecule has 1 amide bonds. The minimum Gasteiger partial charge on any atom is -0.495 e. The van der Waals surface area contributed by atoms with Crippen LogP contribution in [-0.2, 0) is 24.3 Å². The first-order valence-corrected chi connectivity index (χ1v) is 12.4. The normalized spacial score (nSPS) is 14.6. The number of esters is 1. The van der Waals surface area contributed by atoms with Gasteiger partial charge in [-0.15, -0.1) is 11.8 Å². The number of nitrogens with zero attached hydrogens (tertiary/aromatic N) is 1. The topological polar surface area (TPSA) is 111 Å². The molecule has 0 spiro atoms. The van der Waals surface area contributed by atoms with Crippen LogP contribution in [0, 0.1) is 0 Å². The maximum atomic E-state index is 13.0. The fraction of sp³-hybridized carbons (Fsp3) is 0.333. The highest BCUT2D eigenvalue weighted by Crippen LogP contribution is 2.30. The molecule has 1 heterocycles. The van der Waals surface area contributed by atoms with Crippen molar-refractivity contribution < 1.29 is 32.2 Å². The number of carbonyl (C=O) groups is 2. The van der Waals surface area contributed by atoms with E-state index in [2.05, 4.69) is 5.32 Å². The van der Waals surface area contributed by atoms with Gasteiger partial charge in [-0.25, -0.2) is 13.2 Å². The summed E-state index contributed by atoms with van der Waals surface area (Å²) >= 11 is 1.40. The molecule has 1 aliphatic heterocycles. The predicted octanol–water partition coefficient (Wildman–Crippen LogP) is 2.23. The first kappa shape index (κ1) is 24.1. The molecule has 0 aromatic heterocycles. The molecule has 32 heavy (non-hydrogen) atoms. The number of morpholine rings is 1. The number of amides is 1. The van der Waals surface area contributed by atoms with Crippen molar-refractivity contribution in [3.05, 3.63) is 48.0 Å². The fourth-order valence-corrected chi connectivity index (χ4v) is 5.28. The van der Waals surface area contributed by atoms with Gasteiger partial charge in [0, 0.05) is 23.7 Å². The number of carbonyl (C=O) groups excluding carboxylic acids is 2. The number of sulfonamides is 1. The first-order chi connectivity index (χ1) is 15.4. The number of methoxy groups -OCH3 is 1. The van der Waals surface area contributed by atoms with Crippen LogP contribution in [0.1, 0.15) is 10.4 Å². The molecule has 2 aromatic rings. The Balaban J connectivity index is 1.70. The number of benzene rings is 2. The number of nitrogens with one attached hydrogen (secondary N) is 1. The number of ether oxygens (including phenoxy) is 3. The van der Waals surface area contributed by atoms with Crippen LogP contribution in [0.2, 0.25) is 0 Å². The van der Waals surface area contributed by atoms with Gasteiger partial charge in [0.2, 0.25) is 10.0 Å². The highest BCUT2D eigenvalue weighted by Gasteiger charge is 2.29. The van der Waals surface area contributed by atoms with E-state index in [9.17, 15) is 18.0 Å². The summed E-state index contributed by atoms with van der Waals surface area (Å²) in [7, 11) is -2.47. The second-order valence-corrected chi connectivity index (χ2v) is 9.46. The minimum atomic E-state index is -3.84. The molecule has 172 valence electrons. The van der Waals surface area contributed by atoms with Crippen LogP contribution in [0.25, 0.3) is 0 Å². The molecule has 0 saturated carbocycles. The van der Waals surface area contributed by atoms with Crippen LogP contribution in [0.3, 0.4) is 0 Å². The largest absolute Gasteiger partial charge is 0.495 e. The molecule has 1 fully saturated rings. The highest BCUT2D eigenvalue weighted by atomic mass is 32.2. The zero-order valence-corrected chi connectivity index (χ0v) is 19.3. The quantitative estimate of drug-likeness (QED) is 0.452. The van der Waals surface area contributed by atoms with Crippen molar-refractivity contribution in [1.29, 1.82) is 0 Å². The fourth-order valence-electron chi connectivity index (χ4n) is 3.10. The lowest BCUT2D eigenvalue weighted by atomic mass is 10.2. The Bertz CT molecular complexity index is 1080. The monoisotopic (exact) mass is 480 g/mol. The van der Waals surface area contributed by atoms with E-state index in [1.165, 1.54) is 41.4 Å². The van der Waals surface area contributed by atoms with Gasteiger partial charge in [0.05, 0.1) is 25.9 Å². The van der Waals surface area contributed by atoms with E-state index in [-0.39, 0.29) is 29.4 Å². The van der Waals surface area contributed by atoms with E-state index in [0.717, 1.165) is 4.90 Å². The molecule has 0 radical (unpaired) electrons. The lowest BCUT2D eigenvalue weighted by molar-refractivity contribution is -0.119. The van der Waals surface area contributed by atoms with Gasteiger partial charge in [-0.3, -0.25) is 4.79 Å². The lowest BCUT2D eigenvalue weighted by Crippen LogP contribution is -2.40. The van der Waals surface area contributed by atoms with E-state index in [0.29, 0.717) is 18.8 Å². The summed E-state index contributed by atoms with van der Waals surface area (Å²) in [4.78, 5) is 25.3. The van der Waals surface area contributed by atoms with Gasteiger partial charge in [-0.1, -0.05) is 12.1 Å². The zero-order chi connectivity index (χ0) is 23.1. The van der Waals surface area contributed by atoms with E-state index < -0.39 is 28.5 Å². The second kappa shape index (κ2) is 10.8. The summed E-state index contributed by atoms with van der Waals surface area (Å²) in [5.74, 6) is -1.05. The Morgan fingerprint density at radius 1 is 1.16 bits per heavy atom. The SMILES string of the molecule is COc1ccc(NC(=O)COC(=O)c2ccccc2SC)cc1S(=O)(=O)N1CCOCC1. The summed E-state index contributed by atoms with van der Waals surface area (Å²) in [5.41, 5.74) is 0.610. The third kappa shape index (κ3) is 5.60. The van der Waals surface area contributed by atoms with Crippen LogP contribution in [-0.4, -0.2) is 70.9 Å². The Hall–Kier alpha value is -2.60. The molecule has 1 saturated heterocycles. The summed E-state index contributed by atoms with van der Waals surface area (Å²) in [6.45, 7) is 0.566. The average Bonchev–Trinajstić information content (AvgIpc) is 2.83. The zero-order valence-electron chi connectivity index (χ0n) is 17.7. The molecule has 0 bridgehead atoms. The molecule has 0 unspecified atom stereocenters. The molecule has 9 nitrogen and oxygen atoms in total. The molecule has 11 heteroatoms. The third-order valence-electron chi connectivity index (χ3n) is 4.70. The summed E-state index contributed by atoms with van der Waals surface area (Å²) in [5, 5.41) is 2.56. The van der Waals surface area contributed by atoms with Gasteiger partial charge in [0.25, 0.3) is 5.91 Å². The minimum absolute atomic E-state index is 0.0643. The van der Waals surface area contributed by atoms with Gasteiger partial charge in [-0.2, -0.15) is 4.31 Å². The van der Waals surface area contributed by atoms with Crippen molar-refractivity contribution in [2.75, 3.05) is 51.6 Å². The number of thioether (sulfide) groups is 1. The maximum absolute atomic E-state index is 13.0. The first-order valence-electron chi connectivity index (χ1n) is 9.72.